The maximum atomic E-state index is 13.0. The molecule has 2 aromatic rings. The fourth-order valence-electron chi connectivity index (χ4n) is 4.09. The molecule has 1 saturated heterocycles. The second-order valence-electron chi connectivity index (χ2n) is 8.37. The minimum Gasteiger partial charge on any atom is -0.497 e. The summed E-state index contributed by atoms with van der Waals surface area (Å²) in [5.41, 5.74) is 2.07. The zero-order chi connectivity index (χ0) is 22.0. The van der Waals surface area contributed by atoms with Crippen molar-refractivity contribution in [2.75, 3.05) is 20.2 Å². The van der Waals surface area contributed by atoms with Crippen molar-refractivity contribution in [3.05, 3.63) is 41.2 Å². The number of rotatable bonds is 5. The van der Waals surface area contributed by atoms with Gasteiger partial charge in [-0.2, -0.15) is 0 Å². The van der Waals surface area contributed by atoms with E-state index in [1.54, 1.807) is 16.7 Å². The highest BCUT2D eigenvalue weighted by Gasteiger charge is 2.33. The normalized spacial score (nSPS) is 19.2. The van der Waals surface area contributed by atoms with E-state index in [4.69, 9.17) is 9.47 Å². The maximum Gasteiger partial charge on any atom is 0.276 e. The topological polar surface area (TPSA) is 98.6 Å². The fourth-order valence-corrected chi connectivity index (χ4v) is 4.09. The predicted octanol–water partition coefficient (Wildman–Crippen LogP) is 1.93. The van der Waals surface area contributed by atoms with Gasteiger partial charge in [0.25, 0.3) is 5.91 Å². The molecule has 9 nitrogen and oxygen atoms in total. The number of carbonyl (C=O) groups excluding carboxylic acids is 2. The van der Waals surface area contributed by atoms with E-state index in [2.05, 4.69) is 15.6 Å². The summed E-state index contributed by atoms with van der Waals surface area (Å²) in [6.45, 7) is 5.75. The first kappa shape index (κ1) is 21.3. The Bertz CT molecular complexity index is 932. The lowest BCUT2D eigenvalue weighted by Gasteiger charge is -2.31. The Morgan fingerprint density at radius 2 is 1.90 bits per heavy atom. The number of hydrogen-bond acceptors (Lipinski definition) is 6. The molecule has 1 aromatic heterocycles. The van der Waals surface area contributed by atoms with Crippen molar-refractivity contribution in [2.24, 2.45) is 5.92 Å². The third-order valence-electron chi connectivity index (χ3n) is 5.87. The van der Waals surface area contributed by atoms with E-state index in [0.29, 0.717) is 43.9 Å². The minimum absolute atomic E-state index is 0.0472. The summed E-state index contributed by atoms with van der Waals surface area (Å²) in [5, 5.41) is 11.3. The minimum atomic E-state index is -0.154. The summed E-state index contributed by atoms with van der Waals surface area (Å²) in [6, 6.07) is 7.86. The van der Waals surface area contributed by atoms with Crippen LogP contribution >= 0.6 is 0 Å². The summed E-state index contributed by atoms with van der Waals surface area (Å²) < 4.78 is 13.0. The van der Waals surface area contributed by atoms with Crippen LogP contribution in [0.25, 0.3) is 0 Å². The van der Waals surface area contributed by atoms with Crippen LogP contribution in [0.2, 0.25) is 0 Å². The number of aromatic nitrogens is 3. The van der Waals surface area contributed by atoms with Gasteiger partial charge < -0.3 is 19.7 Å². The largest absolute Gasteiger partial charge is 0.497 e. The van der Waals surface area contributed by atoms with E-state index >= 15 is 0 Å². The van der Waals surface area contributed by atoms with Crippen molar-refractivity contribution in [1.82, 2.24) is 25.2 Å². The number of nitrogens with one attached hydrogen (secondary N) is 1. The summed E-state index contributed by atoms with van der Waals surface area (Å²) in [5.74, 6) is 0.671. The van der Waals surface area contributed by atoms with E-state index in [-0.39, 0.29) is 36.5 Å². The Kier molecular flexibility index (Phi) is 6.22. The van der Waals surface area contributed by atoms with Crippen LogP contribution in [0.5, 0.6) is 5.75 Å². The van der Waals surface area contributed by atoms with Crippen LogP contribution in [0, 0.1) is 5.92 Å². The highest BCUT2D eigenvalue weighted by Crippen LogP contribution is 2.29. The molecule has 31 heavy (non-hydrogen) atoms. The quantitative estimate of drug-likeness (QED) is 0.783. The second-order valence-corrected chi connectivity index (χ2v) is 8.37. The Labute approximate surface area is 181 Å². The zero-order valence-corrected chi connectivity index (χ0v) is 18.2. The molecule has 2 amide bonds. The van der Waals surface area contributed by atoms with E-state index in [0.717, 1.165) is 11.3 Å². The van der Waals surface area contributed by atoms with Crippen molar-refractivity contribution in [2.45, 2.75) is 52.0 Å². The number of likely N-dealkylation sites (tertiary alicyclic amines) is 1. The molecule has 166 valence electrons. The molecule has 9 heteroatoms. The lowest BCUT2D eigenvalue weighted by molar-refractivity contribution is -0.126. The van der Waals surface area contributed by atoms with Crippen LogP contribution in [0.15, 0.2) is 24.3 Å². The second kappa shape index (κ2) is 9.05. The van der Waals surface area contributed by atoms with Crippen molar-refractivity contribution in [3.8, 4) is 5.75 Å². The monoisotopic (exact) mass is 427 g/mol. The average molecular weight is 428 g/mol. The van der Waals surface area contributed by atoms with Crippen molar-refractivity contribution in [3.63, 3.8) is 0 Å². The number of fused-ring (bicyclic) bond motifs is 1. The standard InChI is InChI=1S/C22H29N5O4/c1-14(2)23-21(28)16-8-10-26(11-9-16)22(29)20-18-13-31-19(12-27(18)25-24-20)15-4-6-17(30-3)7-5-15/h4-7,14,16,19H,8-13H2,1-3H3,(H,23,28)/t19-/m0/s1. The molecule has 0 aliphatic carbocycles. The Balaban J connectivity index is 1.38. The molecule has 4 rings (SSSR count). The molecule has 0 spiro atoms. The number of amides is 2. The van der Waals surface area contributed by atoms with Gasteiger partial charge in [-0.15, -0.1) is 5.10 Å². The van der Waals surface area contributed by atoms with Crippen LogP contribution in [-0.2, 0) is 22.7 Å². The number of piperidine rings is 1. The van der Waals surface area contributed by atoms with Gasteiger partial charge >= 0.3 is 0 Å². The molecule has 3 heterocycles. The van der Waals surface area contributed by atoms with E-state index in [1.165, 1.54) is 0 Å². The molecular formula is C22H29N5O4. The molecule has 2 aliphatic heterocycles. The number of carbonyl (C=O) groups is 2. The van der Waals surface area contributed by atoms with Gasteiger partial charge in [0.05, 0.1) is 26.0 Å². The Morgan fingerprint density at radius 1 is 1.19 bits per heavy atom. The molecule has 1 fully saturated rings. The highest BCUT2D eigenvalue weighted by molar-refractivity contribution is 5.93. The van der Waals surface area contributed by atoms with Crippen molar-refractivity contribution < 1.29 is 19.1 Å². The smallest absolute Gasteiger partial charge is 0.276 e. The first-order chi connectivity index (χ1) is 15.0. The first-order valence-electron chi connectivity index (χ1n) is 10.7. The predicted molar refractivity (Wildman–Crippen MR) is 112 cm³/mol. The van der Waals surface area contributed by atoms with Crippen LogP contribution in [-0.4, -0.2) is 57.9 Å². The van der Waals surface area contributed by atoms with Gasteiger partial charge in [0.2, 0.25) is 5.91 Å². The maximum absolute atomic E-state index is 13.0. The van der Waals surface area contributed by atoms with Gasteiger partial charge in [0.1, 0.15) is 11.9 Å². The van der Waals surface area contributed by atoms with Crippen LogP contribution < -0.4 is 10.1 Å². The molecule has 0 radical (unpaired) electrons. The van der Waals surface area contributed by atoms with E-state index in [9.17, 15) is 9.59 Å². The average Bonchev–Trinajstić information content (AvgIpc) is 3.21. The fraction of sp³-hybridized carbons (Fsp3) is 0.545. The van der Waals surface area contributed by atoms with Gasteiger partial charge in [-0.3, -0.25) is 9.59 Å². The van der Waals surface area contributed by atoms with E-state index < -0.39 is 0 Å². The lowest BCUT2D eigenvalue weighted by atomic mass is 9.95. The molecule has 0 unspecified atom stereocenters. The van der Waals surface area contributed by atoms with Gasteiger partial charge in [-0.1, -0.05) is 17.3 Å². The van der Waals surface area contributed by atoms with Gasteiger partial charge in [-0.05, 0) is 44.4 Å². The molecule has 1 aromatic carbocycles. The van der Waals surface area contributed by atoms with Crippen molar-refractivity contribution >= 4 is 11.8 Å². The Morgan fingerprint density at radius 3 is 2.55 bits per heavy atom. The summed E-state index contributed by atoms with van der Waals surface area (Å²) in [7, 11) is 1.63. The number of hydrogen-bond donors (Lipinski definition) is 1. The SMILES string of the molecule is COc1ccc([C@@H]2Cn3nnc(C(=O)N4CCC(C(=O)NC(C)C)CC4)c3CO2)cc1. The van der Waals surface area contributed by atoms with Crippen molar-refractivity contribution in [1.29, 1.82) is 0 Å². The molecular weight excluding hydrogens is 398 g/mol. The molecule has 1 atom stereocenters. The first-order valence-corrected chi connectivity index (χ1v) is 10.7. The third-order valence-corrected chi connectivity index (χ3v) is 5.87. The number of ether oxygens (including phenoxy) is 2. The van der Waals surface area contributed by atoms with Gasteiger partial charge in [0, 0.05) is 25.0 Å². The zero-order valence-electron chi connectivity index (χ0n) is 18.2. The number of nitrogens with zero attached hydrogens (tertiary/aromatic N) is 4. The summed E-state index contributed by atoms with van der Waals surface area (Å²) in [6.07, 6.45) is 1.16. The highest BCUT2D eigenvalue weighted by atomic mass is 16.5. The van der Waals surface area contributed by atoms with Crippen LogP contribution in [0.4, 0.5) is 0 Å². The molecule has 0 saturated carbocycles. The molecule has 1 N–H and O–H groups in total. The van der Waals surface area contributed by atoms with Crippen LogP contribution in [0.3, 0.4) is 0 Å². The summed E-state index contributed by atoms with van der Waals surface area (Å²) >= 11 is 0. The van der Waals surface area contributed by atoms with E-state index in [1.807, 2.05) is 38.1 Å². The molecule has 2 aliphatic rings. The Hall–Kier alpha value is -2.94. The number of benzene rings is 1. The molecule has 0 bridgehead atoms. The number of methoxy groups -OCH3 is 1. The lowest BCUT2D eigenvalue weighted by Crippen LogP contribution is -2.44. The summed E-state index contributed by atoms with van der Waals surface area (Å²) in [4.78, 5) is 27.0. The van der Waals surface area contributed by atoms with Crippen LogP contribution in [0.1, 0.15) is 54.5 Å². The van der Waals surface area contributed by atoms with Gasteiger partial charge in [0.15, 0.2) is 5.69 Å². The third kappa shape index (κ3) is 4.56. The van der Waals surface area contributed by atoms with Gasteiger partial charge in [-0.25, -0.2) is 4.68 Å².